The fraction of sp³-hybridized carbons (Fsp3) is 0.474. The van der Waals surface area contributed by atoms with E-state index in [1.165, 1.54) is 6.20 Å². The number of aromatic nitrogens is 1. The summed E-state index contributed by atoms with van der Waals surface area (Å²) in [5.41, 5.74) is 6.76. The molecule has 4 rings (SSSR count). The molecule has 1 aliphatic heterocycles. The number of nitrogens with zero attached hydrogens (tertiary/aromatic N) is 2. The van der Waals surface area contributed by atoms with Crippen molar-refractivity contribution in [2.24, 2.45) is 5.73 Å². The molecule has 1 saturated heterocycles. The van der Waals surface area contributed by atoms with Gasteiger partial charge in [0.2, 0.25) is 5.43 Å². The summed E-state index contributed by atoms with van der Waals surface area (Å²) < 4.78 is 17.3. The van der Waals surface area contributed by atoms with E-state index in [-0.39, 0.29) is 28.7 Å². The summed E-state index contributed by atoms with van der Waals surface area (Å²) in [6.45, 7) is 2.99. The molecule has 2 aliphatic rings. The molecular weight excluding hydrogens is 351 g/mol. The normalized spacial score (nSPS) is 19.7. The number of hydrogen-bond acceptors (Lipinski definition) is 5. The molecule has 8 heteroatoms. The lowest BCUT2D eigenvalue weighted by atomic mass is 10.0. The van der Waals surface area contributed by atoms with E-state index in [0.29, 0.717) is 29.9 Å². The van der Waals surface area contributed by atoms with Crippen LogP contribution >= 0.6 is 0 Å². The molecule has 1 aliphatic carbocycles. The van der Waals surface area contributed by atoms with Gasteiger partial charge < -0.3 is 25.6 Å². The van der Waals surface area contributed by atoms with Gasteiger partial charge in [-0.15, -0.1) is 0 Å². The largest absolute Gasteiger partial charge is 0.477 e. The van der Waals surface area contributed by atoms with Crippen LogP contribution in [0.2, 0.25) is 0 Å². The highest BCUT2D eigenvalue weighted by Gasteiger charge is 2.33. The van der Waals surface area contributed by atoms with Crippen molar-refractivity contribution in [3.05, 3.63) is 33.4 Å². The van der Waals surface area contributed by atoms with Gasteiger partial charge in [0, 0.05) is 38.4 Å². The average Bonchev–Trinajstić information content (AvgIpc) is 3.37. The lowest BCUT2D eigenvalue weighted by Crippen LogP contribution is -2.28. The lowest BCUT2D eigenvalue weighted by molar-refractivity contribution is 0.0695. The van der Waals surface area contributed by atoms with Gasteiger partial charge in [-0.25, -0.2) is 9.18 Å². The summed E-state index contributed by atoms with van der Waals surface area (Å²) in [6, 6.07) is 0.117. The zero-order valence-corrected chi connectivity index (χ0v) is 15.4. The van der Waals surface area contributed by atoms with Crippen LogP contribution in [-0.4, -0.2) is 41.8 Å². The first-order valence-electron chi connectivity index (χ1n) is 9.17. The Morgan fingerprint density at radius 2 is 2.07 bits per heavy atom. The molecule has 0 unspecified atom stereocenters. The highest BCUT2D eigenvalue weighted by molar-refractivity contribution is 6.02. The van der Waals surface area contributed by atoms with E-state index in [2.05, 4.69) is 5.32 Å². The van der Waals surface area contributed by atoms with Crippen molar-refractivity contribution in [2.45, 2.75) is 38.3 Å². The van der Waals surface area contributed by atoms with Crippen molar-refractivity contribution < 1.29 is 14.3 Å². The Balaban J connectivity index is 2.12. The third kappa shape index (κ3) is 2.66. The second-order valence-corrected chi connectivity index (χ2v) is 7.45. The van der Waals surface area contributed by atoms with Gasteiger partial charge in [0.15, 0.2) is 5.82 Å². The minimum absolute atomic E-state index is 0.0162. The Bertz CT molecular complexity index is 1010. The van der Waals surface area contributed by atoms with E-state index < -0.39 is 17.2 Å². The van der Waals surface area contributed by atoms with Crippen LogP contribution in [0.15, 0.2) is 11.0 Å². The molecule has 2 heterocycles. The Kier molecular flexibility index (Phi) is 4.10. The molecule has 0 spiro atoms. The van der Waals surface area contributed by atoms with Crippen molar-refractivity contribution in [1.82, 2.24) is 4.57 Å². The Morgan fingerprint density at radius 3 is 2.59 bits per heavy atom. The number of pyridine rings is 1. The van der Waals surface area contributed by atoms with Crippen LogP contribution in [0.3, 0.4) is 0 Å². The molecule has 4 N–H and O–H groups in total. The number of nitrogens with one attached hydrogen (secondary N) is 1. The number of carboxylic acids is 1. The number of aromatic carboxylic acids is 1. The van der Waals surface area contributed by atoms with Gasteiger partial charge in [-0.2, -0.15) is 0 Å². The first kappa shape index (κ1) is 17.8. The number of carboxylic acid groups (broad SMARTS) is 1. The number of carbonyl (C=O) groups is 1. The van der Waals surface area contributed by atoms with E-state index >= 15 is 4.39 Å². The quantitative estimate of drug-likeness (QED) is 0.757. The third-order valence-corrected chi connectivity index (χ3v) is 5.58. The summed E-state index contributed by atoms with van der Waals surface area (Å²) in [6.07, 6.45) is 4.01. The maximum atomic E-state index is 15.5. The molecule has 7 nitrogen and oxygen atoms in total. The van der Waals surface area contributed by atoms with Gasteiger partial charge in [0.25, 0.3) is 0 Å². The summed E-state index contributed by atoms with van der Waals surface area (Å²) in [4.78, 5) is 26.4. The Morgan fingerprint density at radius 1 is 1.37 bits per heavy atom. The summed E-state index contributed by atoms with van der Waals surface area (Å²) in [7, 11) is 1.54. The van der Waals surface area contributed by atoms with E-state index in [4.69, 9.17) is 5.73 Å². The van der Waals surface area contributed by atoms with Crippen molar-refractivity contribution in [1.29, 1.82) is 0 Å². The molecule has 0 amide bonds. The maximum absolute atomic E-state index is 15.5. The third-order valence-electron chi connectivity index (χ3n) is 5.58. The number of anilines is 2. The molecule has 27 heavy (non-hydrogen) atoms. The molecule has 0 bridgehead atoms. The minimum Gasteiger partial charge on any atom is -0.477 e. The maximum Gasteiger partial charge on any atom is 0.341 e. The zero-order chi connectivity index (χ0) is 19.5. The molecular formula is C19H23FN4O3. The standard InChI is InChI=1S/C19H23FN4O3/c1-9-16-13(18(25)12(19(26)27)8-24(16)11-3-4-11)15(22-2)14(20)17(9)23-6-5-10(21)7-23/h8,10-11,22H,3-7,21H2,1-2H3,(H,26,27)/t10-/m0/s1. The smallest absolute Gasteiger partial charge is 0.341 e. The first-order valence-corrected chi connectivity index (χ1v) is 9.17. The Labute approximate surface area is 155 Å². The molecule has 1 saturated carbocycles. The van der Waals surface area contributed by atoms with Crippen LogP contribution < -0.4 is 21.4 Å². The number of halogens is 1. The van der Waals surface area contributed by atoms with Crippen molar-refractivity contribution in [3.63, 3.8) is 0 Å². The highest BCUT2D eigenvalue weighted by atomic mass is 19.1. The molecule has 1 aromatic heterocycles. The predicted octanol–water partition coefficient (Wildman–Crippen LogP) is 2.06. The molecule has 144 valence electrons. The van der Waals surface area contributed by atoms with Gasteiger partial charge in [-0.3, -0.25) is 4.79 Å². The number of benzene rings is 1. The van der Waals surface area contributed by atoms with Crippen molar-refractivity contribution in [2.75, 3.05) is 30.4 Å². The molecule has 0 radical (unpaired) electrons. The van der Waals surface area contributed by atoms with Gasteiger partial charge in [-0.1, -0.05) is 0 Å². The van der Waals surface area contributed by atoms with Crippen molar-refractivity contribution in [3.8, 4) is 0 Å². The fourth-order valence-electron chi connectivity index (χ4n) is 4.15. The van der Waals surface area contributed by atoms with E-state index in [1.54, 1.807) is 14.0 Å². The second kappa shape index (κ2) is 6.23. The lowest BCUT2D eigenvalue weighted by Gasteiger charge is -2.26. The highest BCUT2D eigenvalue weighted by Crippen LogP contribution is 2.43. The summed E-state index contributed by atoms with van der Waals surface area (Å²) in [5, 5.41) is 12.4. The van der Waals surface area contributed by atoms with Crippen LogP contribution in [0.5, 0.6) is 0 Å². The van der Waals surface area contributed by atoms with Crippen LogP contribution in [0.25, 0.3) is 10.9 Å². The summed E-state index contributed by atoms with van der Waals surface area (Å²) >= 11 is 0. The average molecular weight is 374 g/mol. The molecule has 1 aromatic carbocycles. The van der Waals surface area contributed by atoms with Crippen LogP contribution in [0, 0.1) is 12.7 Å². The van der Waals surface area contributed by atoms with Gasteiger partial charge in [0.1, 0.15) is 5.56 Å². The van der Waals surface area contributed by atoms with Crippen LogP contribution in [0.1, 0.15) is 41.2 Å². The van der Waals surface area contributed by atoms with Crippen LogP contribution in [0.4, 0.5) is 15.8 Å². The molecule has 2 aromatic rings. The van der Waals surface area contributed by atoms with Gasteiger partial charge in [0.05, 0.1) is 22.3 Å². The van der Waals surface area contributed by atoms with Crippen molar-refractivity contribution >= 4 is 28.2 Å². The fourth-order valence-corrected chi connectivity index (χ4v) is 4.15. The predicted molar refractivity (Wildman–Crippen MR) is 102 cm³/mol. The molecule has 2 fully saturated rings. The van der Waals surface area contributed by atoms with E-state index in [0.717, 1.165) is 19.3 Å². The number of aryl methyl sites for hydroxylation is 1. The Hall–Kier alpha value is -2.61. The second-order valence-electron chi connectivity index (χ2n) is 7.45. The SMILES string of the molecule is CNc1c(F)c(N2CC[C@H](N)C2)c(C)c2c1c(=O)c(C(=O)O)cn2C1CC1. The van der Waals surface area contributed by atoms with E-state index in [9.17, 15) is 14.7 Å². The minimum atomic E-state index is -1.30. The topological polar surface area (TPSA) is 101 Å². The van der Waals surface area contributed by atoms with Gasteiger partial charge in [-0.05, 0) is 31.7 Å². The van der Waals surface area contributed by atoms with Crippen LogP contribution in [-0.2, 0) is 0 Å². The number of rotatable bonds is 4. The number of nitrogens with two attached hydrogens (primary N) is 1. The monoisotopic (exact) mass is 374 g/mol. The number of hydrogen-bond donors (Lipinski definition) is 3. The number of fused-ring (bicyclic) bond motifs is 1. The van der Waals surface area contributed by atoms with Gasteiger partial charge >= 0.3 is 5.97 Å². The zero-order valence-electron chi connectivity index (χ0n) is 15.4. The molecule has 1 atom stereocenters. The summed E-state index contributed by atoms with van der Waals surface area (Å²) in [5.74, 6) is -1.83. The van der Waals surface area contributed by atoms with E-state index in [1.807, 2.05) is 9.47 Å². The first-order chi connectivity index (χ1) is 12.8.